The molecule has 22 heavy (non-hydrogen) atoms. The van der Waals surface area contributed by atoms with E-state index in [1.807, 2.05) is 0 Å². The summed E-state index contributed by atoms with van der Waals surface area (Å²) in [6.45, 7) is 0.109. The van der Waals surface area contributed by atoms with Crippen molar-refractivity contribution in [1.29, 1.82) is 0 Å². The minimum absolute atomic E-state index is 0.108. The Morgan fingerprint density at radius 2 is 1.82 bits per heavy atom. The predicted molar refractivity (Wildman–Crippen MR) is 84.4 cm³/mol. The SMILES string of the molecule is O=c1[nH]c2ccc(CNS(=O)(=O)c3cccc(Cl)c3)cc2[nH]1. The molecule has 2 aromatic carbocycles. The average molecular weight is 338 g/mol. The number of nitrogens with one attached hydrogen (secondary N) is 3. The highest BCUT2D eigenvalue weighted by molar-refractivity contribution is 7.89. The van der Waals surface area contributed by atoms with Crippen molar-refractivity contribution >= 4 is 32.7 Å². The Bertz CT molecular complexity index is 992. The van der Waals surface area contributed by atoms with Gasteiger partial charge in [-0.3, -0.25) is 0 Å². The van der Waals surface area contributed by atoms with Gasteiger partial charge in [0, 0.05) is 11.6 Å². The summed E-state index contributed by atoms with van der Waals surface area (Å²) in [6.07, 6.45) is 0. The number of fused-ring (bicyclic) bond motifs is 1. The van der Waals surface area contributed by atoms with Crippen LogP contribution in [0.4, 0.5) is 0 Å². The maximum Gasteiger partial charge on any atom is 0.323 e. The van der Waals surface area contributed by atoms with E-state index in [0.29, 0.717) is 16.1 Å². The third-order valence-electron chi connectivity index (χ3n) is 3.15. The van der Waals surface area contributed by atoms with Gasteiger partial charge in [0.25, 0.3) is 0 Å². The Morgan fingerprint density at radius 1 is 1.05 bits per heavy atom. The fraction of sp³-hybridized carbons (Fsp3) is 0.0714. The Morgan fingerprint density at radius 3 is 2.59 bits per heavy atom. The number of H-pyrrole nitrogens is 2. The number of rotatable bonds is 4. The number of aromatic amines is 2. The van der Waals surface area contributed by atoms with E-state index in [1.165, 1.54) is 12.1 Å². The van der Waals surface area contributed by atoms with Crippen molar-refractivity contribution in [2.45, 2.75) is 11.4 Å². The van der Waals surface area contributed by atoms with E-state index < -0.39 is 10.0 Å². The quantitative estimate of drug-likeness (QED) is 0.679. The molecule has 0 aliphatic heterocycles. The van der Waals surface area contributed by atoms with Crippen LogP contribution in [0.2, 0.25) is 5.02 Å². The molecule has 3 N–H and O–H groups in total. The van der Waals surface area contributed by atoms with E-state index in [2.05, 4.69) is 14.7 Å². The number of hydrogen-bond donors (Lipinski definition) is 3. The fourth-order valence-electron chi connectivity index (χ4n) is 2.09. The minimum Gasteiger partial charge on any atom is -0.306 e. The van der Waals surface area contributed by atoms with Crippen molar-refractivity contribution in [2.24, 2.45) is 0 Å². The highest BCUT2D eigenvalue weighted by Gasteiger charge is 2.14. The summed E-state index contributed by atoms with van der Waals surface area (Å²) in [6, 6.07) is 11.2. The first kappa shape index (κ1) is 14.8. The van der Waals surface area contributed by atoms with Crippen LogP contribution in [-0.2, 0) is 16.6 Å². The van der Waals surface area contributed by atoms with Crippen LogP contribution < -0.4 is 10.4 Å². The molecule has 0 atom stereocenters. The Labute approximate surface area is 131 Å². The predicted octanol–water partition coefficient (Wildman–Crippen LogP) is 1.99. The van der Waals surface area contributed by atoms with E-state index in [4.69, 9.17) is 11.6 Å². The molecule has 0 aliphatic rings. The Hall–Kier alpha value is -2.09. The van der Waals surface area contributed by atoms with Gasteiger partial charge in [-0.25, -0.2) is 17.9 Å². The first-order chi connectivity index (χ1) is 10.4. The van der Waals surface area contributed by atoms with Crippen LogP contribution >= 0.6 is 11.6 Å². The molecule has 0 saturated carbocycles. The molecular formula is C14H12ClN3O3S. The van der Waals surface area contributed by atoms with E-state index in [0.717, 1.165) is 5.56 Å². The van der Waals surface area contributed by atoms with E-state index in [9.17, 15) is 13.2 Å². The lowest BCUT2D eigenvalue weighted by atomic mass is 10.2. The third-order valence-corrected chi connectivity index (χ3v) is 4.79. The molecule has 3 aromatic rings. The van der Waals surface area contributed by atoms with Crippen molar-refractivity contribution in [3.63, 3.8) is 0 Å². The van der Waals surface area contributed by atoms with Gasteiger partial charge in [0.1, 0.15) is 0 Å². The number of halogens is 1. The molecule has 0 saturated heterocycles. The zero-order valence-electron chi connectivity index (χ0n) is 11.3. The van der Waals surface area contributed by atoms with Crippen molar-refractivity contribution in [2.75, 3.05) is 0 Å². The molecule has 8 heteroatoms. The van der Waals surface area contributed by atoms with Crippen LogP contribution in [0, 0.1) is 0 Å². The zero-order chi connectivity index (χ0) is 15.7. The van der Waals surface area contributed by atoms with Crippen LogP contribution in [0.3, 0.4) is 0 Å². The van der Waals surface area contributed by atoms with E-state index in [1.54, 1.807) is 30.3 Å². The summed E-state index contributed by atoms with van der Waals surface area (Å²) in [5.74, 6) is 0. The Kier molecular flexibility index (Phi) is 3.78. The van der Waals surface area contributed by atoms with Crippen molar-refractivity contribution in [1.82, 2.24) is 14.7 Å². The molecule has 114 valence electrons. The van der Waals surface area contributed by atoms with Gasteiger partial charge in [-0.05, 0) is 35.9 Å². The van der Waals surface area contributed by atoms with E-state index >= 15 is 0 Å². The van der Waals surface area contributed by atoms with Crippen LogP contribution in [-0.4, -0.2) is 18.4 Å². The van der Waals surface area contributed by atoms with Gasteiger partial charge in [-0.15, -0.1) is 0 Å². The molecular weight excluding hydrogens is 326 g/mol. The van der Waals surface area contributed by atoms with Crippen LogP contribution in [0.5, 0.6) is 0 Å². The van der Waals surface area contributed by atoms with Crippen molar-refractivity contribution < 1.29 is 8.42 Å². The summed E-state index contributed by atoms with van der Waals surface area (Å²) in [5, 5.41) is 0.356. The highest BCUT2D eigenvalue weighted by atomic mass is 35.5. The molecule has 0 bridgehead atoms. The number of benzene rings is 2. The van der Waals surface area contributed by atoms with Gasteiger partial charge < -0.3 is 9.97 Å². The lowest BCUT2D eigenvalue weighted by Gasteiger charge is -2.07. The molecule has 0 radical (unpaired) electrons. The maximum absolute atomic E-state index is 12.2. The van der Waals surface area contributed by atoms with Gasteiger partial charge in [0.2, 0.25) is 10.0 Å². The molecule has 0 aliphatic carbocycles. The summed E-state index contributed by atoms with van der Waals surface area (Å²) >= 11 is 5.81. The topological polar surface area (TPSA) is 94.8 Å². The first-order valence-electron chi connectivity index (χ1n) is 6.40. The van der Waals surface area contributed by atoms with Gasteiger partial charge in [-0.1, -0.05) is 23.7 Å². The lowest BCUT2D eigenvalue weighted by molar-refractivity contribution is 0.581. The molecule has 0 unspecified atom stereocenters. The second-order valence-corrected chi connectivity index (χ2v) is 6.94. The van der Waals surface area contributed by atoms with Gasteiger partial charge in [-0.2, -0.15) is 0 Å². The number of aromatic nitrogens is 2. The lowest BCUT2D eigenvalue weighted by Crippen LogP contribution is -2.23. The molecule has 0 spiro atoms. The third kappa shape index (κ3) is 3.06. The maximum atomic E-state index is 12.2. The summed E-state index contributed by atoms with van der Waals surface area (Å²) in [7, 11) is -3.64. The van der Waals surface area contributed by atoms with Crippen LogP contribution in [0.25, 0.3) is 11.0 Å². The second-order valence-electron chi connectivity index (χ2n) is 4.74. The summed E-state index contributed by atoms with van der Waals surface area (Å²) < 4.78 is 26.9. The van der Waals surface area contributed by atoms with Crippen molar-refractivity contribution in [3.8, 4) is 0 Å². The van der Waals surface area contributed by atoms with Gasteiger partial charge in [0.15, 0.2) is 0 Å². The standard InChI is InChI=1S/C14H12ClN3O3S/c15-10-2-1-3-11(7-10)22(20,21)16-8-9-4-5-12-13(6-9)18-14(19)17-12/h1-7,16H,8H2,(H2,17,18,19). The highest BCUT2D eigenvalue weighted by Crippen LogP contribution is 2.16. The summed E-state index contributed by atoms with van der Waals surface area (Å²) in [4.78, 5) is 16.6. The molecule has 0 amide bonds. The Balaban J connectivity index is 1.82. The molecule has 0 fully saturated rings. The fourth-order valence-corrected chi connectivity index (χ4v) is 3.40. The van der Waals surface area contributed by atoms with Crippen LogP contribution in [0.1, 0.15) is 5.56 Å². The van der Waals surface area contributed by atoms with Crippen LogP contribution in [0.15, 0.2) is 52.2 Å². The normalized spacial score (nSPS) is 11.9. The largest absolute Gasteiger partial charge is 0.323 e. The zero-order valence-corrected chi connectivity index (χ0v) is 12.8. The molecule has 1 heterocycles. The first-order valence-corrected chi connectivity index (χ1v) is 8.26. The van der Waals surface area contributed by atoms with Crippen molar-refractivity contribution in [3.05, 3.63) is 63.5 Å². The second kappa shape index (κ2) is 5.60. The number of hydrogen-bond acceptors (Lipinski definition) is 3. The molecule has 3 rings (SSSR count). The smallest absolute Gasteiger partial charge is 0.306 e. The van der Waals surface area contributed by atoms with Gasteiger partial charge >= 0.3 is 5.69 Å². The number of imidazole rings is 1. The summed E-state index contributed by atoms with van der Waals surface area (Å²) in [5.41, 5.74) is 1.73. The number of sulfonamides is 1. The minimum atomic E-state index is -3.64. The van der Waals surface area contributed by atoms with Gasteiger partial charge in [0.05, 0.1) is 15.9 Å². The molecule has 6 nitrogen and oxygen atoms in total. The monoisotopic (exact) mass is 337 g/mol. The van der Waals surface area contributed by atoms with E-state index in [-0.39, 0.29) is 17.1 Å². The molecule has 1 aromatic heterocycles. The average Bonchev–Trinajstić information content (AvgIpc) is 2.84.